The predicted molar refractivity (Wildman–Crippen MR) is 242 cm³/mol. The van der Waals surface area contributed by atoms with Crippen molar-refractivity contribution in [2.75, 3.05) is 0 Å². The fourth-order valence-corrected chi connectivity index (χ4v) is 11.1. The highest BCUT2D eigenvalue weighted by Crippen LogP contribution is 2.64. The number of nitrogens with one attached hydrogen (secondary N) is 1. The number of allylic oxidation sites excluding steroid dienone is 1. The first-order valence-corrected chi connectivity index (χ1v) is 20.8. The summed E-state index contributed by atoms with van der Waals surface area (Å²) in [6, 6.07) is 73.6. The molecular formula is C55H36N2S. The van der Waals surface area contributed by atoms with Crippen molar-refractivity contribution in [2.45, 2.75) is 21.4 Å². The van der Waals surface area contributed by atoms with Crippen LogP contribution in [0.3, 0.4) is 0 Å². The molecule has 0 fully saturated rings. The first-order valence-electron chi connectivity index (χ1n) is 20.0. The van der Waals surface area contributed by atoms with E-state index in [0.717, 1.165) is 28.1 Å². The van der Waals surface area contributed by atoms with Crippen LogP contribution in [0.25, 0.3) is 49.5 Å². The van der Waals surface area contributed by atoms with Gasteiger partial charge in [0.2, 0.25) is 0 Å². The van der Waals surface area contributed by atoms with Crippen molar-refractivity contribution in [1.29, 1.82) is 0 Å². The monoisotopic (exact) mass is 756 g/mol. The van der Waals surface area contributed by atoms with Crippen LogP contribution in [0.15, 0.2) is 221 Å². The Balaban J connectivity index is 1.02. The second-order valence-corrected chi connectivity index (χ2v) is 16.5. The van der Waals surface area contributed by atoms with Crippen molar-refractivity contribution in [3.8, 4) is 22.3 Å². The quantitative estimate of drug-likeness (QED) is 0.193. The van der Waals surface area contributed by atoms with E-state index in [2.05, 4.69) is 212 Å². The maximum Gasteiger partial charge on any atom is 0.145 e. The third-order valence-electron chi connectivity index (χ3n) is 12.4. The Labute approximate surface area is 342 Å². The molecule has 0 saturated carbocycles. The van der Waals surface area contributed by atoms with Gasteiger partial charge in [-0.3, -0.25) is 4.99 Å². The summed E-state index contributed by atoms with van der Waals surface area (Å²) in [5.74, 6) is 0. The Kier molecular flexibility index (Phi) is 7.48. The molecule has 1 atom stereocenters. The molecule has 0 radical (unpaired) electrons. The Bertz CT molecular complexity index is 3080. The van der Waals surface area contributed by atoms with E-state index in [0.29, 0.717) is 0 Å². The lowest BCUT2D eigenvalue weighted by molar-refractivity contribution is 0.664. The molecule has 1 spiro atoms. The number of hydrogen-bond donors (Lipinski definition) is 1. The fourth-order valence-electron chi connectivity index (χ4n) is 9.69. The number of nitrogens with zero attached hydrogens (tertiary/aromatic N) is 1. The SMILES string of the molecule is C1=C(c2ccc(-c3ccc4c(c3)C3(c5ccccc5-4)c4ccc5ccccc5c4Sc4c3ccc3ccccc43)cc2)NC(c2ccccc2)N=C1c1ccccc1. The Morgan fingerprint density at radius 2 is 1.00 bits per heavy atom. The first kappa shape index (κ1) is 33.2. The van der Waals surface area contributed by atoms with Gasteiger partial charge in [0.05, 0.1) is 11.1 Å². The molecule has 58 heavy (non-hydrogen) atoms. The van der Waals surface area contributed by atoms with Crippen LogP contribution >= 0.6 is 11.8 Å². The molecule has 1 N–H and O–H groups in total. The minimum atomic E-state index is -0.484. The van der Waals surface area contributed by atoms with Crippen molar-refractivity contribution in [3.63, 3.8) is 0 Å². The Hall–Kier alpha value is -6.94. The van der Waals surface area contributed by atoms with Crippen molar-refractivity contribution >= 4 is 44.7 Å². The third-order valence-corrected chi connectivity index (χ3v) is 13.7. The van der Waals surface area contributed by atoms with Crippen LogP contribution in [0.4, 0.5) is 0 Å². The van der Waals surface area contributed by atoms with Gasteiger partial charge in [0.15, 0.2) is 0 Å². The maximum atomic E-state index is 5.15. The molecule has 0 amide bonds. The minimum Gasteiger partial charge on any atom is -0.360 e. The highest BCUT2D eigenvalue weighted by atomic mass is 32.2. The molecule has 1 aliphatic carbocycles. The third kappa shape index (κ3) is 4.97. The van der Waals surface area contributed by atoms with Gasteiger partial charge in [-0.1, -0.05) is 206 Å². The number of benzene rings is 9. The van der Waals surface area contributed by atoms with E-state index in [1.54, 1.807) is 0 Å². The summed E-state index contributed by atoms with van der Waals surface area (Å²) >= 11 is 1.94. The van der Waals surface area contributed by atoms with Crippen LogP contribution < -0.4 is 5.32 Å². The van der Waals surface area contributed by atoms with Crippen LogP contribution in [-0.2, 0) is 5.41 Å². The summed E-state index contributed by atoms with van der Waals surface area (Å²) < 4.78 is 0. The van der Waals surface area contributed by atoms with E-state index >= 15 is 0 Å². The van der Waals surface area contributed by atoms with Gasteiger partial charge >= 0.3 is 0 Å². The summed E-state index contributed by atoms with van der Waals surface area (Å²) in [6.07, 6.45) is 2.00. The molecule has 12 rings (SSSR count). The van der Waals surface area contributed by atoms with Crippen molar-refractivity contribution in [1.82, 2.24) is 5.32 Å². The fraction of sp³-hybridized carbons (Fsp3) is 0.0364. The lowest BCUT2D eigenvalue weighted by Crippen LogP contribution is -2.32. The van der Waals surface area contributed by atoms with Crippen molar-refractivity contribution in [2.24, 2.45) is 4.99 Å². The summed E-state index contributed by atoms with van der Waals surface area (Å²) in [6.45, 7) is 0. The zero-order valence-electron chi connectivity index (χ0n) is 31.6. The highest BCUT2D eigenvalue weighted by molar-refractivity contribution is 8.00. The Morgan fingerprint density at radius 1 is 0.431 bits per heavy atom. The van der Waals surface area contributed by atoms with E-state index in [4.69, 9.17) is 4.99 Å². The van der Waals surface area contributed by atoms with Crippen LogP contribution in [0.2, 0.25) is 0 Å². The average Bonchev–Trinajstić information content (AvgIpc) is 3.59. The normalized spacial score (nSPS) is 15.8. The van der Waals surface area contributed by atoms with Gasteiger partial charge in [-0.15, -0.1) is 0 Å². The van der Waals surface area contributed by atoms with E-state index in [1.807, 2.05) is 11.8 Å². The number of rotatable bonds is 4. The summed E-state index contributed by atoms with van der Waals surface area (Å²) in [5, 5.41) is 8.90. The lowest BCUT2D eigenvalue weighted by Gasteiger charge is -2.40. The minimum absolute atomic E-state index is 0.181. The van der Waals surface area contributed by atoms with Gasteiger partial charge in [0.1, 0.15) is 6.17 Å². The predicted octanol–water partition coefficient (Wildman–Crippen LogP) is 13.6. The largest absolute Gasteiger partial charge is 0.360 e. The van der Waals surface area contributed by atoms with Crippen molar-refractivity contribution in [3.05, 3.63) is 245 Å². The zero-order chi connectivity index (χ0) is 38.2. The molecule has 272 valence electrons. The molecule has 2 heterocycles. The van der Waals surface area contributed by atoms with Gasteiger partial charge in [-0.05, 0) is 94.9 Å². The molecule has 2 aliphatic heterocycles. The van der Waals surface area contributed by atoms with Crippen LogP contribution in [0, 0.1) is 0 Å². The summed E-state index contributed by atoms with van der Waals surface area (Å²) in [4.78, 5) is 7.84. The number of hydrogen-bond acceptors (Lipinski definition) is 3. The van der Waals surface area contributed by atoms with E-state index in [-0.39, 0.29) is 6.17 Å². The molecule has 1 unspecified atom stereocenters. The van der Waals surface area contributed by atoms with Gasteiger partial charge in [-0.25, -0.2) is 0 Å². The van der Waals surface area contributed by atoms with Crippen molar-refractivity contribution < 1.29 is 0 Å². The first-order chi connectivity index (χ1) is 28.7. The van der Waals surface area contributed by atoms with Crippen LogP contribution in [-0.4, -0.2) is 5.71 Å². The standard InChI is InChI=1S/C55H36N2S/c1-3-15-38(16-4-1)50-34-51(57-54(56-50)40-17-5-2-6-18-40)39-25-23-35(24-26-39)41-27-30-45-44-21-11-12-22-46(44)55(49(45)33-41)47-31-28-36-13-7-9-19-42(36)52(47)58-53-43-20-10-8-14-37(43)29-32-48(53)55/h1-34,54,57H. The lowest BCUT2D eigenvalue weighted by atomic mass is 9.66. The van der Waals surface area contributed by atoms with Crippen LogP contribution in [0.1, 0.15) is 45.1 Å². The number of aliphatic imine (C=N–C) groups is 1. The van der Waals surface area contributed by atoms with E-state index < -0.39 is 5.41 Å². The second kappa shape index (κ2) is 13.1. The average molecular weight is 757 g/mol. The molecule has 3 aliphatic rings. The topological polar surface area (TPSA) is 24.4 Å². The van der Waals surface area contributed by atoms with Crippen LogP contribution in [0.5, 0.6) is 0 Å². The molecule has 9 aromatic carbocycles. The van der Waals surface area contributed by atoms with Gasteiger partial charge < -0.3 is 5.32 Å². The highest BCUT2D eigenvalue weighted by Gasteiger charge is 2.51. The van der Waals surface area contributed by atoms with Gasteiger partial charge in [0.25, 0.3) is 0 Å². The molecule has 0 bridgehead atoms. The zero-order valence-corrected chi connectivity index (χ0v) is 32.4. The maximum absolute atomic E-state index is 5.15. The van der Waals surface area contributed by atoms with Gasteiger partial charge in [-0.2, -0.15) is 0 Å². The molecule has 9 aromatic rings. The van der Waals surface area contributed by atoms with E-state index in [9.17, 15) is 0 Å². The molecular weight excluding hydrogens is 721 g/mol. The van der Waals surface area contributed by atoms with E-state index in [1.165, 1.54) is 75.8 Å². The number of fused-ring (bicyclic) bond motifs is 13. The summed E-state index contributed by atoms with van der Waals surface area (Å²) in [5.41, 5.74) is 15.3. The second-order valence-electron chi connectivity index (χ2n) is 15.5. The summed E-state index contributed by atoms with van der Waals surface area (Å²) in [7, 11) is 0. The van der Waals surface area contributed by atoms with Gasteiger partial charge in [0, 0.05) is 15.5 Å². The molecule has 0 aromatic heterocycles. The Morgan fingerprint density at radius 3 is 1.71 bits per heavy atom. The molecule has 0 saturated heterocycles. The smallest absolute Gasteiger partial charge is 0.145 e. The molecule has 2 nitrogen and oxygen atoms in total. The molecule has 3 heteroatoms.